The van der Waals surface area contributed by atoms with Gasteiger partial charge in [0.1, 0.15) is 0 Å². The highest BCUT2D eigenvalue weighted by Gasteiger charge is 2.20. The molecule has 29 heavy (non-hydrogen) atoms. The average Bonchev–Trinajstić information content (AvgIpc) is 2.75. The van der Waals surface area contributed by atoms with Gasteiger partial charge in [0.2, 0.25) is 5.95 Å². The number of para-hydroxylation sites is 1. The molecule has 2 aliphatic rings. The standard InChI is InChI=1S/C22H30N4O3/c27-17-9-7-16(8-10-17)25-22-24-14-15-4-3-6-19(20(15)26-22)21(28)23-12-11-18-5-1-2-13-29-18/h3-4,6,14,16-18,27H,1-2,5,7-13H2,(H,23,28)(H,24,25,26). The molecule has 3 N–H and O–H groups in total. The van der Waals surface area contributed by atoms with E-state index in [1.165, 1.54) is 6.42 Å². The third-order valence-electron chi connectivity index (χ3n) is 5.91. The first-order valence-corrected chi connectivity index (χ1v) is 10.8. The second kappa shape index (κ2) is 9.50. The van der Waals surface area contributed by atoms with E-state index >= 15 is 0 Å². The Labute approximate surface area is 171 Å². The van der Waals surface area contributed by atoms with Crippen molar-refractivity contribution in [2.75, 3.05) is 18.5 Å². The molecule has 1 amide bonds. The van der Waals surface area contributed by atoms with Crippen LogP contribution in [0.1, 0.15) is 61.7 Å². The molecule has 1 aliphatic heterocycles. The molecule has 0 spiro atoms. The Morgan fingerprint density at radius 1 is 1.17 bits per heavy atom. The number of hydrogen-bond donors (Lipinski definition) is 3. The van der Waals surface area contributed by atoms with Crippen molar-refractivity contribution in [1.82, 2.24) is 15.3 Å². The number of aliphatic hydroxyl groups excluding tert-OH is 1. The van der Waals surface area contributed by atoms with Crippen LogP contribution in [0.2, 0.25) is 0 Å². The van der Waals surface area contributed by atoms with E-state index in [1.54, 1.807) is 6.20 Å². The number of anilines is 1. The number of carbonyl (C=O) groups excluding carboxylic acids is 1. The Bertz CT molecular complexity index is 830. The van der Waals surface area contributed by atoms with Gasteiger partial charge in [0, 0.05) is 30.8 Å². The molecular weight excluding hydrogens is 368 g/mol. The number of rotatable bonds is 6. The van der Waals surface area contributed by atoms with E-state index in [4.69, 9.17) is 4.74 Å². The van der Waals surface area contributed by atoms with Crippen molar-refractivity contribution in [3.8, 4) is 0 Å². The molecule has 1 unspecified atom stereocenters. The highest BCUT2D eigenvalue weighted by molar-refractivity contribution is 6.05. The van der Waals surface area contributed by atoms with Crippen molar-refractivity contribution in [2.45, 2.75) is 69.6 Å². The predicted octanol–water partition coefficient (Wildman–Crippen LogP) is 3.03. The van der Waals surface area contributed by atoms with Crippen molar-refractivity contribution < 1.29 is 14.6 Å². The fourth-order valence-electron chi connectivity index (χ4n) is 4.19. The fraction of sp³-hybridized carbons (Fsp3) is 0.591. The molecule has 1 aromatic carbocycles. The smallest absolute Gasteiger partial charge is 0.253 e. The minimum Gasteiger partial charge on any atom is -0.393 e. The largest absolute Gasteiger partial charge is 0.393 e. The maximum Gasteiger partial charge on any atom is 0.253 e. The van der Waals surface area contributed by atoms with Crippen LogP contribution in [0.5, 0.6) is 0 Å². The number of nitrogens with one attached hydrogen (secondary N) is 2. The van der Waals surface area contributed by atoms with Gasteiger partial charge in [-0.05, 0) is 57.4 Å². The van der Waals surface area contributed by atoms with Crippen molar-refractivity contribution in [1.29, 1.82) is 0 Å². The quantitative estimate of drug-likeness (QED) is 0.692. The lowest BCUT2D eigenvalue weighted by molar-refractivity contribution is 0.0117. The number of amides is 1. The summed E-state index contributed by atoms with van der Waals surface area (Å²) in [4.78, 5) is 21.8. The van der Waals surface area contributed by atoms with Crippen LogP contribution in [0.4, 0.5) is 5.95 Å². The Morgan fingerprint density at radius 2 is 2.03 bits per heavy atom. The summed E-state index contributed by atoms with van der Waals surface area (Å²) in [6.07, 6.45) is 9.45. The first-order chi connectivity index (χ1) is 14.2. The van der Waals surface area contributed by atoms with Crippen molar-refractivity contribution in [3.63, 3.8) is 0 Å². The number of fused-ring (bicyclic) bond motifs is 1. The molecule has 1 atom stereocenters. The van der Waals surface area contributed by atoms with Crippen LogP contribution < -0.4 is 10.6 Å². The number of ether oxygens (including phenoxy) is 1. The van der Waals surface area contributed by atoms with Gasteiger partial charge in [-0.1, -0.05) is 12.1 Å². The van der Waals surface area contributed by atoms with E-state index in [9.17, 15) is 9.90 Å². The Hall–Kier alpha value is -2.25. The molecular formula is C22H30N4O3. The van der Waals surface area contributed by atoms with Crippen LogP contribution >= 0.6 is 0 Å². The van der Waals surface area contributed by atoms with Crippen LogP contribution in [0.15, 0.2) is 24.4 Å². The normalized spacial score (nSPS) is 24.9. The molecule has 2 aromatic rings. The number of aromatic nitrogens is 2. The second-order valence-corrected chi connectivity index (χ2v) is 8.12. The summed E-state index contributed by atoms with van der Waals surface area (Å²) in [5, 5.41) is 16.9. The van der Waals surface area contributed by atoms with Gasteiger partial charge >= 0.3 is 0 Å². The van der Waals surface area contributed by atoms with Crippen LogP contribution in [0, 0.1) is 0 Å². The Morgan fingerprint density at radius 3 is 2.83 bits per heavy atom. The summed E-state index contributed by atoms with van der Waals surface area (Å²) >= 11 is 0. The monoisotopic (exact) mass is 398 g/mol. The zero-order chi connectivity index (χ0) is 20.1. The topological polar surface area (TPSA) is 96.4 Å². The number of nitrogens with zero attached hydrogens (tertiary/aromatic N) is 2. The van der Waals surface area contributed by atoms with Crippen molar-refractivity contribution in [3.05, 3.63) is 30.0 Å². The van der Waals surface area contributed by atoms with Gasteiger partial charge in [-0.25, -0.2) is 9.97 Å². The van der Waals surface area contributed by atoms with E-state index in [0.717, 1.165) is 56.9 Å². The molecule has 156 valence electrons. The highest BCUT2D eigenvalue weighted by atomic mass is 16.5. The maximum atomic E-state index is 12.8. The van der Waals surface area contributed by atoms with Gasteiger partial charge in [-0.3, -0.25) is 4.79 Å². The molecule has 1 aliphatic carbocycles. The molecule has 2 fully saturated rings. The first-order valence-electron chi connectivity index (χ1n) is 10.8. The zero-order valence-electron chi connectivity index (χ0n) is 16.8. The molecule has 0 radical (unpaired) electrons. The molecule has 1 saturated carbocycles. The molecule has 7 nitrogen and oxygen atoms in total. The van der Waals surface area contributed by atoms with Crippen LogP contribution in [-0.4, -0.2) is 52.4 Å². The predicted molar refractivity (Wildman–Crippen MR) is 112 cm³/mol. The first kappa shape index (κ1) is 20.0. The minimum atomic E-state index is -0.195. The summed E-state index contributed by atoms with van der Waals surface area (Å²) < 4.78 is 5.73. The van der Waals surface area contributed by atoms with Gasteiger partial charge < -0.3 is 20.5 Å². The van der Waals surface area contributed by atoms with Gasteiger partial charge in [-0.2, -0.15) is 0 Å². The van der Waals surface area contributed by atoms with Gasteiger partial charge in [0.15, 0.2) is 0 Å². The van der Waals surface area contributed by atoms with Crippen molar-refractivity contribution in [2.24, 2.45) is 0 Å². The maximum absolute atomic E-state index is 12.8. The summed E-state index contributed by atoms with van der Waals surface area (Å²) in [5.41, 5.74) is 1.23. The number of aliphatic hydroxyl groups is 1. The second-order valence-electron chi connectivity index (χ2n) is 8.12. The lowest BCUT2D eigenvalue weighted by Crippen LogP contribution is -2.30. The van der Waals surface area contributed by atoms with Crippen LogP contribution in [0.25, 0.3) is 10.9 Å². The lowest BCUT2D eigenvalue weighted by Gasteiger charge is -2.26. The third kappa shape index (κ3) is 5.22. The minimum absolute atomic E-state index is 0.114. The molecule has 2 heterocycles. The van der Waals surface area contributed by atoms with Crippen LogP contribution in [0.3, 0.4) is 0 Å². The lowest BCUT2D eigenvalue weighted by atomic mass is 9.93. The average molecular weight is 399 g/mol. The summed E-state index contributed by atoms with van der Waals surface area (Å²) in [6, 6.07) is 5.85. The third-order valence-corrected chi connectivity index (χ3v) is 5.91. The summed E-state index contributed by atoms with van der Waals surface area (Å²) in [6.45, 7) is 1.43. The molecule has 0 bridgehead atoms. The van der Waals surface area contributed by atoms with Gasteiger partial charge in [0.05, 0.1) is 23.3 Å². The molecule has 1 saturated heterocycles. The number of carbonyl (C=O) groups is 1. The molecule has 4 rings (SSSR count). The molecule has 7 heteroatoms. The molecule has 1 aromatic heterocycles. The van der Waals surface area contributed by atoms with E-state index in [1.807, 2.05) is 18.2 Å². The number of hydrogen-bond acceptors (Lipinski definition) is 6. The van der Waals surface area contributed by atoms with Gasteiger partial charge in [-0.15, -0.1) is 0 Å². The zero-order valence-corrected chi connectivity index (χ0v) is 16.8. The van der Waals surface area contributed by atoms with Crippen LogP contribution in [-0.2, 0) is 4.74 Å². The summed E-state index contributed by atoms with van der Waals surface area (Å²) in [7, 11) is 0. The van der Waals surface area contributed by atoms with E-state index in [0.29, 0.717) is 23.6 Å². The van der Waals surface area contributed by atoms with Crippen molar-refractivity contribution >= 4 is 22.8 Å². The van der Waals surface area contributed by atoms with Gasteiger partial charge in [0.25, 0.3) is 5.91 Å². The van der Waals surface area contributed by atoms with E-state index < -0.39 is 0 Å². The Kier molecular flexibility index (Phi) is 6.56. The Balaban J connectivity index is 1.41. The SMILES string of the molecule is O=C(NCCC1CCCCO1)c1cccc2cnc(NC3CCC(O)CC3)nc12. The fourth-order valence-corrected chi connectivity index (χ4v) is 4.19. The number of benzene rings is 1. The van der Waals surface area contributed by atoms with E-state index in [2.05, 4.69) is 20.6 Å². The summed E-state index contributed by atoms with van der Waals surface area (Å²) in [5.74, 6) is 0.423. The highest BCUT2D eigenvalue weighted by Crippen LogP contribution is 2.23. The van der Waals surface area contributed by atoms with E-state index in [-0.39, 0.29) is 24.2 Å².